The lowest BCUT2D eigenvalue weighted by atomic mass is 9.91. The Hall–Kier alpha value is -2.13. The second-order valence-electron chi connectivity index (χ2n) is 5.61. The molecule has 1 aliphatic heterocycles. The van der Waals surface area contributed by atoms with Crippen LogP contribution in [0.2, 0.25) is 0 Å². The SMILES string of the molecule is CC(C)N[C@@H]1C(=O)c2ccccc2O[C@H]1c1ccccc1. The largest absolute Gasteiger partial charge is 0.483 e. The predicted molar refractivity (Wildman–Crippen MR) is 82.6 cm³/mol. The van der Waals surface area contributed by atoms with Gasteiger partial charge in [0.1, 0.15) is 17.9 Å². The summed E-state index contributed by atoms with van der Waals surface area (Å²) < 4.78 is 6.12. The van der Waals surface area contributed by atoms with Gasteiger partial charge in [0, 0.05) is 6.04 Å². The maximum Gasteiger partial charge on any atom is 0.187 e. The number of nitrogens with one attached hydrogen (secondary N) is 1. The van der Waals surface area contributed by atoms with Crippen molar-refractivity contribution in [2.75, 3.05) is 0 Å². The van der Waals surface area contributed by atoms with Crippen LogP contribution in [0.15, 0.2) is 54.6 Å². The number of para-hydroxylation sites is 1. The van der Waals surface area contributed by atoms with Gasteiger partial charge in [-0.1, -0.05) is 56.3 Å². The van der Waals surface area contributed by atoms with Crippen LogP contribution in [0.3, 0.4) is 0 Å². The van der Waals surface area contributed by atoms with Gasteiger partial charge < -0.3 is 10.1 Å². The first-order valence-corrected chi connectivity index (χ1v) is 7.27. The molecule has 108 valence electrons. The van der Waals surface area contributed by atoms with Crippen molar-refractivity contribution in [3.8, 4) is 5.75 Å². The molecular formula is C18H19NO2. The maximum absolute atomic E-state index is 12.8. The topological polar surface area (TPSA) is 38.3 Å². The molecule has 0 spiro atoms. The summed E-state index contributed by atoms with van der Waals surface area (Å²) in [5.74, 6) is 0.762. The fraction of sp³-hybridized carbons (Fsp3) is 0.278. The summed E-state index contributed by atoms with van der Waals surface area (Å²) in [5, 5.41) is 3.35. The van der Waals surface area contributed by atoms with E-state index in [2.05, 4.69) is 5.32 Å². The molecule has 1 heterocycles. The summed E-state index contributed by atoms with van der Waals surface area (Å²) >= 11 is 0. The van der Waals surface area contributed by atoms with Gasteiger partial charge in [-0.15, -0.1) is 0 Å². The third-order valence-electron chi connectivity index (χ3n) is 3.63. The Balaban J connectivity index is 2.03. The minimum atomic E-state index is -0.359. The quantitative estimate of drug-likeness (QED) is 0.937. The molecule has 1 aliphatic rings. The normalized spacial score (nSPS) is 21.0. The Morgan fingerprint density at radius 1 is 1.00 bits per heavy atom. The number of carbonyl (C=O) groups is 1. The first-order valence-electron chi connectivity index (χ1n) is 7.27. The number of carbonyl (C=O) groups excluding carboxylic acids is 1. The molecule has 3 heteroatoms. The number of benzene rings is 2. The highest BCUT2D eigenvalue weighted by molar-refractivity contribution is 6.03. The van der Waals surface area contributed by atoms with Crippen LogP contribution in [0, 0.1) is 0 Å². The fourth-order valence-corrected chi connectivity index (χ4v) is 2.71. The molecule has 0 aliphatic carbocycles. The van der Waals surface area contributed by atoms with Crippen LogP contribution in [-0.4, -0.2) is 17.9 Å². The number of ketones is 1. The van der Waals surface area contributed by atoms with Gasteiger partial charge in [0.2, 0.25) is 0 Å². The van der Waals surface area contributed by atoms with Crippen LogP contribution in [-0.2, 0) is 0 Å². The highest BCUT2D eigenvalue weighted by Gasteiger charge is 2.38. The molecule has 0 bridgehead atoms. The second kappa shape index (κ2) is 5.70. The summed E-state index contributed by atoms with van der Waals surface area (Å²) in [4.78, 5) is 12.8. The van der Waals surface area contributed by atoms with E-state index in [0.29, 0.717) is 11.3 Å². The Labute approximate surface area is 124 Å². The fourth-order valence-electron chi connectivity index (χ4n) is 2.71. The molecule has 21 heavy (non-hydrogen) atoms. The predicted octanol–water partition coefficient (Wildman–Crippen LogP) is 3.37. The molecule has 2 aromatic carbocycles. The molecule has 0 radical (unpaired) electrons. The maximum atomic E-state index is 12.8. The van der Waals surface area contributed by atoms with Gasteiger partial charge in [0.05, 0.1) is 5.56 Å². The van der Waals surface area contributed by atoms with Crippen LogP contribution in [0.25, 0.3) is 0 Å². The average molecular weight is 281 g/mol. The molecule has 0 saturated heterocycles. The van der Waals surface area contributed by atoms with Crippen molar-refractivity contribution < 1.29 is 9.53 Å². The van der Waals surface area contributed by atoms with Gasteiger partial charge in [0.25, 0.3) is 0 Å². The molecule has 2 aromatic rings. The second-order valence-corrected chi connectivity index (χ2v) is 5.61. The van der Waals surface area contributed by atoms with Crippen molar-refractivity contribution in [1.29, 1.82) is 0 Å². The summed E-state index contributed by atoms with van der Waals surface area (Å²) in [6, 6.07) is 17.2. The lowest BCUT2D eigenvalue weighted by molar-refractivity contribution is 0.0721. The average Bonchev–Trinajstić information content (AvgIpc) is 2.50. The van der Waals surface area contributed by atoms with Gasteiger partial charge in [-0.25, -0.2) is 0 Å². The van der Waals surface area contributed by atoms with Crippen LogP contribution < -0.4 is 10.1 Å². The number of Topliss-reactive ketones (excluding diaryl/α,β-unsaturated/α-hetero) is 1. The van der Waals surface area contributed by atoms with E-state index >= 15 is 0 Å². The summed E-state index contributed by atoms with van der Waals surface area (Å²) in [5.41, 5.74) is 1.67. The van der Waals surface area contributed by atoms with Crippen LogP contribution >= 0.6 is 0 Å². The third kappa shape index (κ3) is 2.69. The zero-order valence-electron chi connectivity index (χ0n) is 12.2. The van der Waals surface area contributed by atoms with Crippen molar-refractivity contribution in [2.45, 2.75) is 32.0 Å². The minimum absolute atomic E-state index is 0.0967. The number of rotatable bonds is 3. The first kappa shape index (κ1) is 13.8. The van der Waals surface area contributed by atoms with E-state index in [0.717, 1.165) is 5.56 Å². The number of fused-ring (bicyclic) bond motifs is 1. The minimum Gasteiger partial charge on any atom is -0.483 e. The van der Waals surface area contributed by atoms with Gasteiger partial charge in [0.15, 0.2) is 5.78 Å². The lowest BCUT2D eigenvalue weighted by Crippen LogP contribution is -2.49. The van der Waals surface area contributed by atoms with Crippen molar-refractivity contribution in [2.24, 2.45) is 0 Å². The molecule has 0 amide bonds. The zero-order chi connectivity index (χ0) is 14.8. The Morgan fingerprint density at radius 2 is 1.67 bits per heavy atom. The summed E-state index contributed by atoms with van der Waals surface area (Å²) in [6.07, 6.45) is -0.295. The third-order valence-corrected chi connectivity index (χ3v) is 3.63. The summed E-state index contributed by atoms with van der Waals surface area (Å²) in [7, 11) is 0. The lowest BCUT2D eigenvalue weighted by Gasteiger charge is -2.34. The van der Waals surface area contributed by atoms with Gasteiger partial charge in [-0.05, 0) is 17.7 Å². The van der Waals surface area contributed by atoms with Crippen molar-refractivity contribution in [1.82, 2.24) is 5.32 Å². The van der Waals surface area contributed by atoms with E-state index in [9.17, 15) is 4.79 Å². The smallest absolute Gasteiger partial charge is 0.187 e. The molecule has 1 N–H and O–H groups in total. The highest BCUT2D eigenvalue weighted by Crippen LogP contribution is 2.35. The van der Waals surface area contributed by atoms with E-state index in [4.69, 9.17) is 4.74 Å². The molecule has 2 atom stereocenters. The van der Waals surface area contributed by atoms with E-state index in [1.54, 1.807) is 0 Å². The number of ether oxygens (including phenoxy) is 1. The number of hydrogen-bond donors (Lipinski definition) is 1. The Morgan fingerprint density at radius 3 is 2.38 bits per heavy atom. The van der Waals surface area contributed by atoms with E-state index in [1.807, 2.05) is 68.4 Å². The molecule has 3 rings (SSSR count). The van der Waals surface area contributed by atoms with Gasteiger partial charge in [-0.3, -0.25) is 4.79 Å². The van der Waals surface area contributed by atoms with Crippen molar-refractivity contribution in [3.63, 3.8) is 0 Å². The number of hydrogen-bond acceptors (Lipinski definition) is 3. The van der Waals surface area contributed by atoms with Gasteiger partial charge >= 0.3 is 0 Å². The molecule has 0 aromatic heterocycles. The van der Waals surface area contributed by atoms with Gasteiger partial charge in [-0.2, -0.15) is 0 Å². The van der Waals surface area contributed by atoms with E-state index < -0.39 is 0 Å². The molecule has 0 saturated carbocycles. The van der Waals surface area contributed by atoms with Crippen molar-refractivity contribution in [3.05, 3.63) is 65.7 Å². The highest BCUT2D eigenvalue weighted by atomic mass is 16.5. The zero-order valence-corrected chi connectivity index (χ0v) is 12.2. The monoisotopic (exact) mass is 281 g/mol. The molecule has 0 fully saturated rings. The van der Waals surface area contributed by atoms with Crippen LogP contribution in [0.4, 0.5) is 0 Å². The Kier molecular flexibility index (Phi) is 3.76. The molecule has 0 unspecified atom stereocenters. The molecule has 3 nitrogen and oxygen atoms in total. The summed E-state index contributed by atoms with van der Waals surface area (Å²) in [6.45, 7) is 4.08. The van der Waals surface area contributed by atoms with Crippen LogP contribution in [0.5, 0.6) is 5.75 Å². The van der Waals surface area contributed by atoms with Crippen molar-refractivity contribution >= 4 is 5.78 Å². The Bertz CT molecular complexity index is 637. The van der Waals surface area contributed by atoms with E-state index in [-0.39, 0.29) is 24.0 Å². The first-order chi connectivity index (χ1) is 10.2. The van der Waals surface area contributed by atoms with Crippen LogP contribution in [0.1, 0.15) is 35.9 Å². The standard InChI is InChI=1S/C18H19NO2/c1-12(2)19-16-17(20)14-10-6-7-11-15(14)21-18(16)13-8-4-3-5-9-13/h3-12,16,18-19H,1-2H3/t16-,18+/m1/s1. The molecular weight excluding hydrogens is 262 g/mol. The van der Waals surface area contributed by atoms with E-state index in [1.165, 1.54) is 0 Å².